The van der Waals surface area contributed by atoms with Gasteiger partial charge in [0, 0.05) is 12.1 Å². The Kier molecular flexibility index (Phi) is 4.05. The van der Waals surface area contributed by atoms with Crippen molar-refractivity contribution in [2.24, 2.45) is 11.8 Å². The third-order valence-electron chi connectivity index (χ3n) is 5.26. The molecule has 10 nitrogen and oxygen atoms in total. The van der Waals surface area contributed by atoms with Crippen LogP contribution in [0.15, 0.2) is 41.3 Å². The van der Waals surface area contributed by atoms with Crippen molar-refractivity contribution in [1.29, 1.82) is 0 Å². The maximum absolute atomic E-state index is 13.0. The molecule has 3 aliphatic heterocycles. The molecule has 2 bridgehead atoms. The molecule has 0 N–H and O–H groups in total. The lowest BCUT2D eigenvalue weighted by Crippen LogP contribution is -2.40. The fourth-order valence-electron chi connectivity index (χ4n) is 4.04. The molecule has 4 atom stereocenters. The van der Waals surface area contributed by atoms with Gasteiger partial charge in [-0.2, -0.15) is 0 Å². The molecule has 3 aliphatic rings. The molecule has 1 aromatic rings. The van der Waals surface area contributed by atoms with E-state index < -0.39 is 50.4 Å². The number of sulfonamides is 1. The second kappa shape index (κ2) is 6.11. The summed E-state index contributed by atoms with van der Waals surface area (Å²) in [6.07, 6.45) is 2.64. The van der Waals surface area contributed by atoms with Crippen LogP contribution in [0.1, 0.15) is 6.92 Å². The van der Waals surface area contributed by atoms with Crippen LogP contribution in [0.3, 0.4) is 0 Å². The highest BCUT2D eigenvalue weighted by molar-refractivity contribution is 7.89. The number of hydrogen-bond donors (Lipinski definition) is 0. The number of ether oxygens (including phenoxy) is 2. The highest BCUT2D eigenvalue weighted by Crippen LogP contribution is 2.53. The van der Waals surface area contributed by atoms with Crippen molar-refractivity contribution >= 4 is 27.6 Å². The highest BCUT2D eigenvalue weighted by atomic mass is 32.2. The van der Waals surface area contributed by atoms with Crippen molar-refractivity contribution in [3.05, 3.63) is 46.5 Å². The van der Waals surface area contributed by atoms with Gasteiger partial charge in [-0.05, 0) is 19.1 Å². The Morgan fingerprint density at radius 1 is 1.39 bits per heavy atom. The van der Waals surface area contributed by atoms with Crippen molar-refractivity contribution in [2.75, 3.05) is 13.2 Å². The summed E-state index contributed by atoms with van der Waals surface area (Å²) in [5.74, 6) is -3.25. The van der Waals surface area contributed by atoms with E-state index in [1.165, 1.54) is 0 Å². The normalized spacial score (nSPS) is 30.5. The van der Waals surface area contributed by atoms with E-state index in [2.05, 4.69) is 0 Å². The Bertz CT molecular complexity index is 1000. The van der Waals surface area contributed by atoms with Crippen LogP contribution < -0.4 is 0 Å². The summed E-state index contributed by atoms with van der Waals surface area (Å²) in [7, 11) is -4.27. The number of nitrogens with zero attached hydrogens (tertiary/aromatic N) is 2. The average molecular weight is 408 g/mol. The van der Waals surface area contributed by atoms with E-state index in [-0.39, 0.29) is 23.7 Å². The predicted octanol–water partition coefficient (Wildman–Crippen LogP) is 0.629. The van der Waals surface area contributed by atoms with Gasteiger partial charge in [-0.3, -0.25) is 19.7 Å². The average Bonchev–Trinajstić information content (AvgIpc) is 3.30. The lowest BCUT2D eigenvalue weighted by molar-refractivity contribution is -0.384. The van der Waals surface area contributed by atoms with E-state index in [4.69, 9.17) is 9.47 Å². The van der Waals surface area contributed by atoms with Gasteiger partial charge >= 0.3 is 5.97 Å². The molecule has 1 aromatic carbocycles. The van der Waals surface area contributed by atoms with Crippen LogP contribution in [-0.2, 0) is 29.1 Å². The summed E-state index contributed by atoms with van der Waals surface area (Å²) in [6, 6.07) is 4.25. The first-order chi connectivity index (χ1) is 13.2. The molecule has 3 heterocycles. The van der Waals surface area contributed by atoms with Crippen LogP contribution in [0, 0.1) is 22.0 Å². The monoisotopic (exact) mass is 408 g/mol. The van der Waals surface area contributed by atoms with Crippen molar-refractivity contribution < 1.29 is 32.4 Å². The second-order valence-corrected chi connectivity index (χ2v) is 8.62. The summed E-state index contributed by atoms with van der Waals surface area (Å²) >= 11 is 0. The predicted molar refractivity (Wildman–Crippen MR) is 92.4 cm³/mol. The van der Waals surface area contributed by atoms with E-state index in [0.29, 0.717) is 4.31 Å². The summed E-state index contributed by atoms with van der Waals surface area (Å²) in [5.41, 5.74) is -1.47. The van der Waals surface area contributed by atoms with E-state index in [0.717, 1.165) is 24.3 Å². The molecule has 0 unspecified atom stereocenters. The summed E-state index contributed by atoms with van der Waals surface area (Å²) in [5, 5.41) is 10.8. The van der Waals surface area contributed by atoms with Gasteiger partial charge in [-0.1, -0.05) is 12.2 Å². The van der Waals surface area contributed by atoms with Crippen molar-refractivity contribution in [3.63, 3.8) is 0 Å². The number of fused-ring (bicyclic) bond motifs is 1. The Balaban J connectivity index is 1.68. The van der Waals surface area contributed by atoms with Gasteiger partial charge in [0.1, 0.15) is 11.5 Å². The van der Waals surface area contributed by atoms with Crippen molar-refractivity contribution in [2.45, 2.75) is 23.5 Å². The van der Waals surface area contributed by atoms with Crippen molar-refractivity contribution in [3.8, 4) is 0 Å². The minimum absolute atomic E-state index is 0.129. The van der Waals surface area contributed by atoms with Crippen LogP contribution >= 0.6 is 0 Å². The molecule has 0 saturated carbocycles. The van der Waals surface area contributed by atoms with Gasteiger partial charge < -0.3 is 9.47 Å². The zero-order chi connectivity index (χ0) is 20.3. The number of non-ortho nitro benzene ring substituents is 1. The molecule has 4 rings (SSSR count). The minimum Gasteiger partial charge on any atom is -0.466 e. The molecule has 0 radical (unpaired) electrons. The minimum atomic E-state index is -4.27. The molecule has 148 valence electrons. The maximum atomic E-state index is 13.0. The Labute approximate surface area is 159 Å². The molecular weight excluding hydrogens is 392 g/mol. The molecule has 2 fully saturated rings. The van der Waals surface area contributed by atoms with Gasteiger partial charge in [0.05, 0.1) is 35.0 Å². The maximum Gasteiger partial charge on any atom is 0.312 e. The van der Waals surface area contributed by atoms with Gasteiger partial charge in [0.2, 0.25) is 5.91 Å². The number of carbonyl (C=O) groups is 2. The van der Waals surface area contributed by atoms with E-state index in [9.17, 15) is 28.1 Å². The zero-order valence-electron chi connectivity index (χ0n) is 14.7. The fourth-order valence-corrected chi connectivity index (χ4v) is 5.50. The summed E-state index contributed by atoms with van der Waals surface area (Å²) in [4.78, 5) is 35.2. The Hall–Kier alpha value is -2.79. The molecule has 28 heavy (non-hydrogen) atoms. The molecule has 2 saturated heterocycles. The molecule has 0 aromatic heterocycles. The molecule has 0 aliphatic carbocycles. The Morgan fingerprint density at radius 3 is 2.68 bits per heavy atom. The third-order valence-corrected chi connectivity index (χ3v) is 7.02. The standard InChI is InChI=1S/C17H16N2O8S/c1-2-26-16(21)13-12-7-8-17(27-12)9-18(15(20)14(13)17)28(24,25)11-5-3-10(4-6-11)19(22)23/h3-8,12-14H,2,9H2,1H3/t12-,13+,14+,17-/m1/s1. The first-order valence-corrected chi connectivity index (χ1v) is 10.00. The van der Waals surface area contributed by atoms with Crippen LogP contribution in [0.5, 0.6) is 0 Å². The number of benzene rings is 1. The SMILES string of the molecule is CCOC(=O)[C@@H]1[C@H]2C(=O)N(S(=O)(=O)c3ccc([N+](=O)[O-])cc3)C[C@]23C=C[C@H]1O3. The van der Waals surface area contributed by atoms with Crippen LogP contribution in [0.2, 0.25) is 0 Å². The number of nitro benzene ring substituents is 1. The topological polar surface area (TPSA) is 133 Å². The first-order valence-electron chi connectivity index (χ1n) is 8.56. The number of hydrogen-bond acceptors (Lipinski definition) is 8. The lowest BCUT2D eigenvalue weighted by Gasteiger charge is -2.22. The van der Waals surface area contributed by atoms with Gasteiger partial charge in [0.15, 0.2) is 0 Å². The van der Waals surface area contributed by atoms with Gasteiger partial charge in [-0.25, -0.2) is 12.7 Å². The molecular formula is C17H16N2O8S. The van der Waals surface area contributed by atoms with E-state index in [1.54, 1.807) is 19.1 Å². The smallest absolute Gasteiger partial charge is 0.312 e. The summed E-state index contributed by atoms with van der Waals surface area (Å²) < 4.78 is 37.5. The fraction of sp³-hybridized carbons (Fsp3) is 0.412. The second-order valence-electron chi connectivity index (χ2n) is 6.75. The number of esters is 1. The summed E-state index contributed by atoms with van der Waals surface area (Å²) in [6.45, 7) is 1.50. The van der Waals surface area contributed by atoms with Crippen molar-refractivity contribution in [1.82, 2.24) is 4.31 Å². The number of amides is 1. The van der Waals surface area contributed by atoms with E-state index >= 15 is 0 Å². The lowest BCUT2D eigenvalue weighted by atomic mass is 9.77. The molecule has 11 heteroatoms. The largest absolute Gasteiger partial charge is 0.466 e. The number of rotatable bonds is 5. The molecule has 1 amide bonds. The first kappa shape index (κ1) is 18.6. The van der Waals surface area contributed by atoms with Crippen LogP contribution in [-0.4, -0.2) is 54.4 Å². The van der Waals surface area contributed by atoms with Gasteiger partial charge in [-0.15, -0.1) is 0 Å². The van der Waals surface area contributed by atoms with E-state index in [1.807, 2.05) is 0 Å². The van der Waals surface area contributed by atoms with Crippen LogP contribution in [0.25, 0.3) is 0 Å². The number of nitro groups is 1. The highest BCUT2D eigenvalue weighted by Gasteiger charge is 2.69. The quantitative estimate of drug-likeness (QED) is 0.300. The third kappa shape index (κ3) is 2.46. The molecule has 1 spiro atoms. The van der Waals surface area contributed by atoms with Crippen LogP contribution in [0.4, 0.5) is 5.69 Å². The Morgan fingerprint density at radius 2 is 2.07 bits per heavy atom. The number of carbonyl (C=O) groups excluding carboxylic acids is 2. The zero-order valence-corrected chi connectivity index (χ0v) is 15.5. The van der Waals surface area contributed by atoms with Gasteiger partial charge in [0.25, 0.3) is 15.7 Å².